The van der Waals surface area contributed by atoms with E-state index in [-0.39, 0.29) is 0 Å². The molecule has 6 heteroatoms. The Morgan fingerprint density at radius 2 is 2.06 bits per heavy atom. The Kier molecular flexibility index (Phi) is 5.62. The third-order valence-corrected chi connectivity index (χ3v) is 2.87. The molecule has 0 aliphatic carbocycles. The lowest BCUT2D eigenvalue weighted by Gasteiger charge is -2.15. The molecule has 0 atom stereocenters. The van der Waals surface area contributed by atoms with E-state index in [1.165, 1.54) is 0 Å². The Hall–Kier alpha value is -1.43. The summed E-state index contributed by atoms with van der Waals surface area (Å²) in [7, 11) is 0. The zero-order chi connectivity index (χ0) is 12.7. The lowest BCUT2D eigenvalue weighted by Crippen LogP contribution is -3.11. The smallest absolute Gasteiger partial charge is 0.363 e. The Bertz CT molecular complexity index is 386. The summed E-state index contributed by atoms with van der Waals surface area (Å²) in [5.41, 5.74) is 0.312. The molecule has 6 nitrogen and oxygen atoms in total. The number of hydrogen-bond acceptors (Lipinski definition) is 4. The summed E-state index contributed by atoms with van der Waals surface area (Å²) in [6.45, 7) is 10.5. The average Bonchev–Trinajstić information content (AvgIpc) is 2.33. The summed E-state index contributed by atoms with van der Waals surface area (Å²) in [6.07, 6.45) is 1.06. The average molecular weight is 240 g/mol. The maximum Gasteiger partial charge on any atom is 0.363 e. The molecule has 1 rings (SSSR count). The summed E-state index contributed by atoms with van der Waals surface area (Å²) in [5, 5.41) is 9.31. The molecule has 1 heterocycles. The van der Waals surface area contributed by atoms with Gasteiger partial charge in [0.2, 0.25) is 0 Å². The van der Waals surface area contributed by atoms with Crippen molar-refractivity contribution in [1.82, 2.24) is 15.2 Å². The molecule has 0 radical (unpaired) electrons. The minimum atomic E-state index is -0.410. The number of anilines is 1. The normalized spacial score (nSPS) is 10.8. The van der Waals surface area contributed by atoms with Gasteiger partial charge in [-0.25, -0.2) is 9.89 Å². The van der Waals surface area contributed by atoms with Gasteiger partial charge in [-0.1, -0.05) is 0 Å². The molecule has 96 valence electrons. The maximum atomic E-state index is 11.0. The van der Waals surface area contributed by atoms with Crippen molar-refractivity contribution in [2.24, 2.45) is 0 Å². The summed E-state index contributed by atoms with van der Waals surface area (Å²) in [6, 6.07) is 0. The van der Waals surface area contributed by atoms with Gasteiger partial charge in [0.25, 0.3) is 0 Å². The van der Waals surface area contributed by atoms with Crippen molar-refractivity contribution in [1.29, 1.82) is 0 Å². The zero-order valence-corrected chi connectivity index (χ0v) is 10.8. The first-order chi connectivity index (χ1) is 8.17. The first kappa shape index (κ1) is 13.6. The van der Waals surface area contributed by atoms with Gasteiger partial charge in [-0.2, -0.15) is 10.1 Å². The number of aryl methyl sites for hydroxylation is 1. The molecule has 0 spiro atoms. The monoisotopic (exact) mass is 240 g/mol. The molecule has 0 saturated heterocycles. The number of H-pyrrole nitrogens is 1. The van der Waals surface area contributed by atoms with Gasteiger partial charge in [0.15, 0.2) is 5.82 Å². The minimum Gasteiger partial charge on any atom is -0.368 e. The van der Waals surface area contributed by atoms with Crippen LogP contribution in [0.3, 0.4) is 0 Å². The van der Waals surface area contributed by atoms with Gasteiger partial charge >= 0.3 is 5.69 Å². The summed E-state index contributed by atoms with van der Waals surface area (Å²) in [4.78, 5) is 16.4. The molecular formula is C11H22N5O+. The van der Waals surface area contributed by atoms with E-state index in [9.17, 15) is 4.79 Å². The molecule has 0 bridgehead atoms. The van der Waals surface area contributed by atoms with Crippen LogP contribution in [0, 0.1) is 6.92 Å². The first-order valence-electron chi connectivity index (χ1n) is 6.18. The number of aromatic nitrogens is 3. The second-order valence-electron chi connectivity index (χ2n) is 4.06. The first-order valence-corrected chi connectivity index (χ1v) is 6.18. The van der Waals surface area contributed by atoms with Crippen LogP contribution in [0.15, 0.2) is 4.79 Å². The van der Waals surface area contributed by atoms with E-state index in [0.29, 0.717) is 5.82 Å². The Labute approximate surface area is 101 Å². The molecule has 0 aliphatic rings. The molecule has 0 fully saturated rings. The van der Waals surface area contributed by atoms with Gasteiger partial charge in [-0.15, -0.1) is 0 Å². The van der Waals surface area contributed by atoms with Gasteiger partial charge in [0.1, 0.15) is 5.69 Å². The van der Waals surface area contributed by atoms with Crippen LogP contribution in [0.1, 0.15) is 26.0 Å². The molecular weight excluding hydrogens is 218 g/mol. The van der Waals surface area contributed by atoms with Crippen molar-refractivity contribution in [3.63, 3.8) is 0 Å². The highest BCUT2D eigenvalue weighted by Crippen LogP contribution is 2.02. The van der Waals surface area contributed by atoms with Crippen LogP contribution in [-0.4, -0.2) is 41.4 Å². The van der Waals surface area contributed by atoms with Gasteiger partial charge in [-0.3, -0.25) is 0 Å². The van der Waals surface area contributed by atoms with E-state index < -0.39 is 5.69 Å². The molecule has 17 heavy (non-hydrogen) atoms. The van der Waals surface area contributed by atoms with Crippen LogP contribution in [0.25, 0.3) is 0 Å². The van der Waals surface area contributed by atoms with E-state index in [0.717, 1.165) is 38.3 Å². The molecule has 1 aromatic rings. The van der Waals surface area contributed by atoms with E-state index >= 15 is 0 Å². The molecule has 1 aromatic heterocycles. The van der Waals surface area contributed by atoms with E-state index in [1.807, 2.05) is 6.92 Å². The third kappa shape index (κ3) is 4.52. The SMILES string of the molecule is CC[NH+](CC)CCCNc1nc(=O)[nH]nc1C. The van der Waals surface area contributed by atoms with E-state index in [1.54, 1.807) is 4.90 Å². The van der Waals surface area contributed by atoms with Crippen molar-refractivity contribution in [2.75, 3.05) is 31.5 Å². The molecule has 0 unspecified atom stereocenters. The topological polar surface area (TPSA) is 75.1 Å². The van der Waals surface area contributed by atoms with Crippen molar-refractivity contribution >= 4 is 5.82 Å². The van der Waals surface area contributed by atoms with Crippen molar-refractivity contribution in [2.45, 2.75) is 27.2 Å². The van der Waals surface area contributed by atoms with Gasteiger partial charge in [-0.05, 0) is 20.8 Å². The van der Waals surface area contributed by atoms with Gasteiger partial charge < -0.3 is 10.2 Å². The number of aromatic amines is 1. The predicted octanol–water partition coefficient (Wildman–Crippen LogP) is -0.800. The standard InChI is InChI=1S/C11H21N5O/c1-4-16(5-2)8-6-7-12-10-9(3)14-15-11(17)13-10/h4-8H2,1-3H3,(H2,12,13,15,17)/p+1. The number of nitrogens with zero attached hydrogens (tertiary/aromatic N) is 2. The fourth-order valence-electron chi connectivity index (χ4n) is 1.71. The Balaban J connectivity index is 2.35. The second kappa shape index (κ2) is 7.01. The molecule has 0 aromatic carbocycles. The molecule has 0 aliphatic heterocycles. The van der Waals surface area contributed by atoms with Crippen LogP contribution < -0.4 is 15.9 Å². The number of quaternary nitrogens is 1. The maximum absolute atomic E-state index is 11.0. The highest BCUT2D eigenvalue weighted by molar-refractivity contribution is 5.37. The van der Waals surface area contributed by atoms with Crippen LogP contribution >= 0.6 is 0 Å². The second-order valence-corrected chi connectivity index (χ2v) is 4.06. The zero-order valence-electron chi connectivity index (χ0n) is 10.8. The van der Waals surface area contributed by atoms with Crippen molar-refractivity contribution < 1.29 is 4.90 Å². The molecule has 0 amide bonds. The van der Waals surface area contributed by atoms with Gasteiger partial charge in [0.05, 0.1) is 19.6 Å². The fraction of sp³-hybridized carbons (Fsp3) is 0.727. The minimum absolute atomic E-state index is 0.410. The number of hydrogen-bond donors (Lipinski definition) is 3. The summed E-state index contributed by atoms with van der Waals surface area (Å²) in [5.74, 6) is 0.586. The quantitative estimate of drug-likeness (QED) is 0.546. The fourth-order valence-corrected chi connectivity index (χ4v) is 1.71. The van der Waals surface area contributed by atoms with E-state index in [2.05, 4.69) is 34.3 Å². The van der Waals surface area contributed by atoms with Gasteiger partial charge in [0, 0.05) is 13.0 Å². The Morgan fingerprint density at radius 3 is 2.71 bits per heavy atom. The van der Waals surface area contributed by atoms with Crippen molar-refractivity contribution in [3.05, 3.63) is 16.2 Å². The molecule has 3 N–H and O–H groups in total. The van der Waals surface area contributed by atoms with Crippen LogP contribution in [-0.2, 0) is 0 Å². The summed E-state index contributed by atoms with van der Waals surface area (Å²) < 4.78 is 0. The van der Waals surface area contributed by atoms with Crippen LogP contribution in [0.2, 0.25) is 0 Å². The number of rotatable bonds is 7. The largest absolute Gasteiger partial charge is 0.368 e. The van der Waals surface area contributed by atoms with Crippen LogP contribution in [0.4, 0.5) is 5.82 Å². The Morgan fingerprint density at radius 1 is 1.35 bits per heavy atom. The third-order valence-electron chi connectivity index (χ3n) is 2.87. The number of nitrogens with one attached hydrogen (secondary N) is 3. The lowest BCUT2D eigenvalue weighted by molar-refractivity contribution is -0.896. The highest BCUT2D eigenvalue weighted by Gasteiger charge is 2.04. The summed E-state index contributed by atoms with van der Waals surface area (Å²) >= 11 is 0. The molecule has 0 saturated carbocycles. The predicted molar refractivity (Wildman–Crippen MR) is 67.4 cm³/mol. The highest BCUT2D eigenvalue weighted by atomic mass is 16.1. The lowest BCUT2D eigenvalue weighted by atomic mass is 10.3. The van der Waals surface area contributed by atoms with Crippen LogP contribution in [0.5, 0.6) is 0 Å². The van der Waals surface area contributed by atoms with E-state index in [4.69, 9.17) is 0 Å². The van der Waals surface area contributed by atoms with Crippen molar-refractivity contribution in [3.8, 4) is 0 Å².